The summed E-state index contributed by atoms with van der Waals surface area (Å²) in [6, 6.07) is 10.0. The molecule has 0 amide bonds. The van der Waals surface area contributed by atoms with Crippen LogP contribution in [-0.2, 0) is 18.6 Å². The molecule has 0 aliphatic heterocycles. The van der Waals surface area contributed by atoms with Gasteiger partial charge in [0.2, 0.25) is 0 Å². The quantitative estimate of drug-likeness (QED) is 0.660. The summed E-state index contributed by atoms with van der Waals surface area (Å²) in [5, 5.41) is 28.6. The van der Waals surface area contributed by atoms with E-state index < -0.39 is 18.3 Å². The maximum Gasteiger partial charge on any atom is 4.00 e. The molecule has 1 aromatic rings. The Labute approximate surface area is 124 Å². The Hall–Kier alpha value is -0.186. The summed E-state index contributed by atoms with van der Waals surface area (Å²) in [4.78, 5) is 0. The molecule has 0 aliphatic carbocycles. The Balaban J connectivity index is -0.0000000719. The summed E-state index contributed by atoms with van der Waals surface area (Å²) < 4.78 is 0. The zero-order valence-electron chi connectivity index (χ0n) is 12.3. The van der Waals surface area contributed by atoms with E-state index in [1.165, 1.54) is 0 Å². The molecule has 18 heavy (non-hydrogen) atoms. The summed E-state index contributed by atoms with van der Waals surface area (Å²) in [6.07, 6.45) is -1.25. The molecule has 3 nitrogen and oxygen atoms in total. The second kappa shape index (κ2) is 22.0. The zero-order chi connectivity index (χ0) is 14.3. The van der Waals surface area contributed by atoms with Crippen molar-refractivity contribution in [2.24, 2.45) is 0 Å². The van der Waals surface area contributed by atoms with Crippen LogP contribution in [0.5, 0.6) is 0 Å². The van der Waals surface area contributed by atoms with E-state index in [-0.39, 0.29) is 18.6 Å². The Kier molecular flexibility index (Phi) is 32.3. The van der Waals surface area contributed by atoms with E-state index in [0.29, 0.717) is 0 Å². The molecular weight excluding hydrogens is 267 g/mol. The largest absolute Gasteiger partial charge is 4.00 e. The van der Waals surface area contributed by atoms with Crippen LogP contribution in [0.4, 0.5) is 0 Å². The molecule has 0 atom stereocenters. The Morgan fingerprint density at radius 1 is 0.667 bits per heavy atom. The van der Waals surface area contributed by atoms with Gasteiger partial charge in [-0.1, -0.05) is 41.5 Å². The second-order valence-corrected chi connectivity index (χ2v) is 4.11. The summed E-state index contributed by atoms with van der Waals surface area (Å²) in [6.45, 7) is 9.67. The molecule has 0 spiro atoms. The third-order valence-electron chi connectivity index (χ3n) is 0.556. The Morgan fingerprint density at radius 2 is 0.833 bits per heavy atom. The van der Waals surface area contributed by atoms with Gasteiger partial charge in [0, 0.05) is 0 Å². The third kappa shape index (κ3) is 150. The van der Waals surface area contributed by atoms with Gasteiger partial charge in [0.05, 0.1) is 0 Å². The predicted molar refractivity (Wildman–Crippen MR) is 67.4 cm³/mol. The molecular formula is C14H26O3V. The minimum absolute atomic E-state index is 0. The average molecular weight is 293 g/mol. The zero-order valence-corrected chi connectivity index (χ0v) is 13.7. The van der Waals surface area contributed by atoms with Crippen molar-refractivity contribution >= 4 is 0 Å². The molecule has 0 heterocycles. The van der Waals surface area contributed by atoms with E-state index in [0.717, 1.165) is 0 Å². The van der Waals surface area contributed by atoms with Crippen LogP contribution in [0, 0.1) is 0 Å². The van der Waals surface area contributed by atoms with E-state index in [2.05, 4.69) is 0 Å². The minimum Gasteiger partial charge on any atom is -0.852 e. The van der Waals surface area contributed by atoms with Gasteiger partial charge < -0.3 is 15.3 Å². The van der Waals surface area contributed by atoms with Gasteiger partial charge >= 0.3 is 18.6 Å². The average Bonchev–Trinajstić information content (AvgIpc) is 2.53. The smallest absolute Gasteiger partial charge is 0.852 e. The molecule has 0 bridgehead atoms. The van der Waals surface area contributed by atoms with E-state index in [9.17, 15) is 15.3 Å². The maximum absolute atomic E-state index is 9.53. The van der Waals surface area contributed by atoms with Gasteiger partial charge in [0.15, 0.2) is 0 Å². The van der Waals surface area contributed by atoms with Crippen LogP contribution in [0.25, 0.3) is 0 Å². The van der Waals surface area contributed by atoms with Crippen molar-refractivity contribution in [2.45, 2.75) is 59.9 Å². The third-order valence-corrected chi connectivity index (χ3v) is 0.556. The van der Waals surface area contributed by atoms with Crippen molar-refractivity contribution in [3.05, 3.63) is 30.3 Å². The summed E-state index contributed by atoms with van der Waals surface area (Å²) in [7, 11) is 0. The van der Waals surface area contributed by atoms with Crippen molar-refractivity contribution in [1.29, 1.82) is 0 Å². The molecule has 0 fully saturated rings. The molecule has 0 saturated heterocycles. The van der Waals surface area contributed by atoms with Crippen LogP contribution in [0.2, 0.25) is 0 Å². The molecule has 4 heteroatoms. The maximum atomic E-state index is 9.53. The first kappa shape index (κ1) is 26.4. The van der Waals surface area contributed by atoms with Gasteiger partial charge in [0.25, 0.3) is 0 Å². The van der Waals surface area contributed by atoms with Gasteiger partial charge in [-0.15, -0.1) is 18.3 Å². The van der Waals surface area contributed by atoms with Crippen LogP contribution < -0.4 is 15.3 Å². The molecule has 105 valence electrons. The molecule has 0 aliphatic rings. The van der Waals surface area contributed by atoms with E-state index in [1.54, 1.807) is 41.5 Å². The molecule has 0 N–H and O–H groups in total. The fourth-order valence-corrected chi connectivity index (χ4v) is 0.321. The molecule has 1 aromatic carbocycles. The topological polar surface area (TPSA) is 69.2 Å². The van der Waals surface area contributed by atoms with Crippen molar-refractivity contribution in [3.63, 3.8) is 0 Å². The normalized spacial score (nSPS) is 8.22. The monoisotopic (exact) mass is 293 g/mol. The Morgan fingerprint density at radius 3 is 0.889 bits per heavy atom. The van der Waals surface area contributed by atoms with Gasteiger partial charge in [-0.3, -0.25) is 0 Å². The van der Waals surface area contributed by atoms with E-state index in [4.69, 9.17) is 0 Å². The van der Waals surface area contributed by atoms with Crippen LogP contribution >= 0.6 is 0 Å². The van der Waals surface area contributed by atoms with Crippen LogP contribution in [0.1, 0.15) is 41.5 Å². The van der Waals surface area contributed by atoms with Gasteiger partial charge in [-0.25, -0.2) is 12.1 Å². The SMILES string of the molecule is CC(C)[O-].CC(C)[O-].CC(C)[O-].[V+4].c1cc[cH-]c1. The molecule has 0 saturated carbocycles. The summed E-state index contributed by atoms with van der Waals surface area (Å²) >= 11 is 0. The summed E-state index contributed by atoms with van der Waals surface area (Å²) in [5.74, 6) is 0. The van der Waals surface area contributed by atoms with Gasteiger partial charge in [0.1, 0.15) is 0 Å². The van der Waals surface area contributed by atoms with Crippen molar-refractivity contribution in [1.82, 2.24) is 0 Å². The fourth-order valence-electron chi connectivity index (χ4n) is 0.321. The standard InChI is InChI=1S/C5H5.3C3H7O.V/c1-2-4-5-3-1;3*1-3(2)4;/h1-5H;3*3H,1-2H3;/q4*-1;+4. The molecule has 1 radical (unpaired) electrons. The van der Waals surface area contributed by atoms with Crippen LogP contribution in [0.15, 0.2) is 30.3 Å². The first-order valence-electron chi connectivity index (χ1n) is 5.84. The van der Waals surface area contributed by atoms with E-state index >= 15 is 0 Å². The van der Waals surface area contributed by atoms with E-state index in [1.807, 2.05) is 30.3 Å². The number of rotatable bonds is 0. The van der Waals surface area contributed by atoms with Crippen LogP contribution in [-0.4, -0.2) is 18.3 Å². The van der Waals surface area contributed by atoms with Crippen molar-refractivity contribution in [3.8, 4) is 0 Å². The second-order valence-electron chi connectivity index (χ2n) is 4.11. The fraction of sp³-hybridized carbons (Fsp3) is 0.643. The minimum atomic E-state index is -0.417. The Bertz CT molecular complexity index is 145. The van der Waals surface area contributed by atoms with Crippen molar-refractivity contribution in [2.75, 3.05) is 0 Å². The van der Waals surface area contributed by atoms with Crippen molar-refractivity contribution < 1.29 is 33.9 Å². The first-order chi connectivity index (χ1) is 7.70. The summed E-state index contributed by atoms with van der Waals surface area (Å²) in [5.41, 5.74) is 0. The molecule has 0 aromatic heterocycles. The number of hydrogen-bond acceptors (Lipinski definition) is 3. The predicted octanol–water partition coefficient (Wildman–Crippen LogP) is 0.668. The molecule has 0 unspecified atom stereocenters. The molecule has 1 rings (SSSR count). The number of hydrogen-bond donors (Lipinski definition) is 0. The van der Waals surface area contributed by atoms with Crippen LogP contribution in [0.3, 0.4) is 0 Å². The van der Waals surface area contributed by atoms with Gasteiger partial charge in [-0.2, -0.15) is 18.2 Å². The first-order valence-corrected chi connectivity index (χ1v) is 5.84. The van der Waals surface area contributed by atoms with Gasteiger partial charge in [-0.05, 0) is 0 Å².